The Morgan fingerprint density at radius 2 is 1.92 bits per heavy atom. The van der Waals surface area contributed by atoms with Gasteiger partial charge in [0.25, 0.3) is 0 Å². The highest BCUT2D eigenvalue weighted by atomic mass is 35.5. The molecule has 0 aromatic heterocycles. The Kier molecular flexibility index (Phi) is 6.91. The molecule has 4 nitrogen and oxygen atoms in total. The van der Waals surface area contributed by atoms with Crippen LogP contribution in [-0.2, 0) is 11.3 Å². The lowest BCUT2D eigenvalue weighted by Crippen LogP contribution is -2.30. The van der Waals surface area contributed by atoms with Crippen molar-refractivity contribution < 1.29 is 9.53 Å². The summed E-state index contributed by atoms with van der Waals surface area (Å²) in [6.07, 6.45) is 0. The molecule has 2 aromatic rings. The Morgan fingerprint density at radius 3 is 2.67 bits per heavy atom. The maximum absolute atomic E-state index is 12.3. The quantitative estimate of drug-likeness (QED) is 0.786. The zero-order valence-electron chi connectivity index (χ0n) is 13.7. The van der Waals surface area contributed by atoms with E-state index in [1.54, 1.807) is 6.07 Å². The first-order valence-corrected chi connectivity index (χ1v) is 8.40. The maximum Gasteiger partial charge on any atom is 0.238 e. The van der Waals surface area contributed by atoms with Crippen LogP contribution in [0.1, 0.15) is 12.5 Å². The van der Waals surface area contributed by atoms with Crippen molar-refractivity contribution in [1.29, 1.82) is 0 Å². The van der Waals surface area contributed by atoms with Gasteiger partial charge in [0.05, 0.1) is 28.9 Å². The van der Waals surface area contributed by atoms with Crippen LogP contribution >= 0.6 is 23.2 Å². The minimum atomic E-state index is -0.122. The number of hydrogen-bond acceptors (Lipinski definition) is 3. The number of carbonyl (C=O) groups is 1. The molecule has 2 rings (SSSR count). The van der Waals surface area contributed by atoms with Crippen molar-refractivity contribution in [1.82, 2.24) is 4.90 Å². The fourth-order valence-electron chi connectivity index (χ4n) is 2.30. The molecular weight excluding hydrogens is 347 g/mol. The molecule has 0 saturated heterocycles. The molecule has 24 heavy (non-hydrogen) atoms. The molecular formula is C18H20Cl2N2O2. The van der Waals surface area contributed by atoms with Gasteiger partial charge in [-0.25, -0.2) is 0 Å². The van der Waals surface area contributed by atoms with Crippen LogP contribution < -0.4 is 10.1 Å². The van der Waals surface area contributed by atoms with Crippen molar-refractivity contribution in [3.8, 4) is 5.75 Å². The minimum absolute atomic E-state index is 0.122. The Labute approximate surface area is 152 Å². The lowest BCUT2D eigenvalue weighted by atomic mass is 10.2. The fraction of sp³-hybridized carbons (Fsp3) is 0.278. The summed E-state index contributed by atoms with van der Waals surface area (Å²) >= 11 is 12.2. The molecule has 0 aliphatic carbocycles. The van der Waals surface area contributed by atoms with E-state index in [4.69, 9.17) is 27.9 Å². The summed E-state index contributed by atoms with van der Waals surface area (Å²) in [7, 11) is 1.85. The van der Waals surface area contributed by atoms with Crippen LogP contribution in [-0.4, -0.2) is 31.0 Å². The highest BCUT2D eigenvalue weighted by Gasteiger charge is 2.12. The van der Waals surface area contributed by atoms with Crippen molar-refractivity contribution in [2.75, 3.05) is 25.5 Å². The maximum atomic E-state index is 12.3. The summed E-state index contributed by atoms with van der Waals surface area (Å²) < 4.78 is 5.51. The fourth-order valence-corrected chi connectivity index (χ4v) is 2.68. The van der Waals surface area contributed by atoms with E-state index in [1.807, 2.05) is 55.3 Å². The number of benzene rings is 2. The highest BCUT2D eigenvalue weighted by Crippen LogP contribution is 2.26. The Balaban J connectivity index is 1.96. The normalized spacial score (nSPS) is 10.7. The van der Waals surface area contributed by atoms with Crippen LogP contribution in [0.15, 0.2) is 42.5 Å². The van der Waals surface area contributed by atoms with Crippen LogP contribution in [0.25, 0.3) is 0 Å². The summed E-state index contributed by atoms with van der Waals surface area (Å²) in [5, 5.41) is 3.91. The molecule has 0 aliphatic rings. The molecule has 6 heteroatoms. The number of anilines is 1. The van der Waals surface area contributed by atoms with Crippen LogP contribution in [0.2, 0.25) is 10.0 Å². The second-order valence-electron chi connectivity index (χ2n) is 5.36. The molecule has 0 spiro atoms. The van der Waals surface area contributed by atoms with Gasteiger partial charge in [-0.2, -0.15) is 0 Å². The van der Waals surface area contributed by atoms with E-state index in [1.165, 1.54) is 0 Å². The zero-order chi connectivity index (χ0) is 17.5. The summed E-state index contributed by atoms with van der Waals surface area (Å²) in [6.45, 7) is 3.20. The molecule has 0 aliphatic heterocycles. The number of nitrogens with zero attached hydrogens (tertiary/aromatic N) is 1. The third kappa shape index (κ3) is 5.13. The minimum Gasteiger partial charge on any atom is -0.492 e. The summed E-state index contributed by atoms with van der Waals surface area (Å²) in [6, 6.07) is 12.8. The summed E-state index contributed by atoms with van der Waals surface area (Å²) in [5.74, 6) is 0.539. The van der Waals surface area contributed by atoms with Crippen molar-refractivity contribution in [2.45, 2.75) is 13.5 Å². The smallest absolute Gasteiger partial charge is 0.238 e. The molecule has 0 saturated carbocycles. The Hall–Kier alpha value is -1.75. The third-order valence-electron chi connectivity index (χ3n) is 3.35. The first kappa shape index (κ1) is 18.6. The monoisotopic (exact) mass is 366 g/mol. The first-order chi connectivity index (χ1) is 11.5. The van der Waals surface area contributed by atoms with Crippen LogP contribution in [0, 0.1) is 0 Å². The molecule has 1 amide bonds. The number of nitrogens with one attached hydrogen (secondary N) is 1. The summed E-state index contributed by atoms with van der Waals surface area (Å²) in [5.41, 5.74) is 1.55. The van der Waals surface area contributed by atoms with Gasteiger partial charge in [0, 0.05) is 6.54 Å². The van der Waals surface area contributed by atoms with Gasteiger partial charge in [-0.1, -0.05) is 47.5 Å². The van der Waals surface area contributed by atoms with E-state index < -0.39 is 0 Å². The van der Waals surface area contributed by atoms with Crippen LogP contribution in [0.3, 0.4) is 0 Å². The van der Waals surface area contributed by atoms with Gasteiger partial charge in [-0.3, -0.25) is 9.69 Å². The zero-order valence-corrected chi connectivity index (χ0v) is 15.2. The van der Waals surface area contributed by atoms with Crippen molar-refractivity contribution in [3.63, 3.8) is 0 Å². The predicted octanol–water partition coefficient (Wildman–Crippen LogP) is 4.46. The van der Waals surface area contributed by atoms with E-state index in [9.17, 15) is 4.79 Å². The molecule has 0 radical (unpaired) electrons. The molecule has 0 fully saturated rings. The van der Waals surface area contributed by atoms with Gasteiger partial charge in [0.15, 0.2) is 0 Å². The van der Waals surface area contributed by atoms with Crippen molar-refractivity contribution in [2.24, 2.45) is 0 Å². The van der Waals surface area contributed by atoms with Crippen LogP contribution in [0.4, 0.5) is 5.69 Å². The van der Waals surface area contributed by atoms with Gasteiger partial charge in [0.1, 0.15) is 5.75 Å². The highest BCUT2D eigenvalue weighted by molar-refractivity contribution is 6.42. The van der Waals surface area contributed by atoms with E-state index in [-0.39, 0.29) is 12.5 Å². The Bertz CT molecular complexity index is 707. The number of carbonyl (C=O) groups excluding carboxylic acids is 1. The van der Waals surface area contributed by atoms with Gasteiger partial charge < -0.3 is 10.1 Å². The van der Waals surface area contributed by atoms with Gasteiger partial charge in [-0.15, -0.1) is 0 Å². The second kappa shape index (κ2) is 8.92. The van der Waals surface area contributed by atoms with E-state index >= 15 is 0 Å². The molecule has 0 bridgehead atoms. The van der Waals surface area contributed by atoms with Gasteiger partial charge in [-0.05, 0) is 37.7 Å². The van der Waals surface area contributed by atoms with Crippen molar-refractivity contribution in [3.05, 3.63) is 58.1 Å². The lowest BCUT2D eigenvalue weighted by Gasteiger charge is -2.18. The van der Waals surface area contributed by atoms with Gasteiger partial charge >= 0.3 is 0 Å². The third-order valence-corrected chi connectivity index (χ3v) is 4.20. The average molecular weight is 367 g/mol. The topological polar surface area (TPSA) is 41.6 Å². The molecule has 0 atom stereocenters. The lowest BCUT2D eigenvalue weighted by molar-refractivity contribution is -0.117. The van der Waals surface area contributed by atoms with E-state index in [0.717, 1.165) is 5.56 Å². The molecule has 128 valence electrons. The number of para-hydroxylation sites is 2. The summed E-state index contributed by atoms with van der Waals surface area (Å²) in [4.78, 5) is 14.1. The SMILES string of the molecule is CCOc1ccccc1NC(=O)CN(C)Cc1cccc(Cl)c1Cl. The number of halogens is 2. The predicted molar refractivity (Wildman–Crippen MR) is 99.0 cm³/mol. The van der Waals surface area contributed by atoms with Crippen molar-refractivity contribution >= 4 is 34.8 Å². The number of ether oxygens (including phenoxy) is 1. The Morgan fingerprint density at radius 1 is 1.17 bits per heavy atom. The second-order valence-corrected chi connectivity index (χ2v) is 6.15. The molecule has 0 heterocycles. The average Bonchev–Trinajstić information content (AvgIpc) is 2.54. The molecule has 0 unspecified atom stereocenters. The van der Waals surface area contributed by atoms with E-state index in [0.29, 0.717) is 34.6 Å². The number of hydrogen-bond donors (Lipinski definition) is 1. The number of likely N-dealkylation sites (N-methyl/N-ethyl adjacent to an activating group) is 1. The first-order valence-electron chi connectivity index (χ1n) is 7.64. The molecule has 1 N–H and O–H groups in total. The number of amides is 1. The standard InChI is InChI=1S/C18H20Cl2N2O2/c1-3-24-16-10-5-4-9-15(16)21-17(23)12-22(2)11-13-7-6-8-14(19)18(13)20/h4-10H,3,11-12H2,1-2H3,(H,21,23). The number of rotatable bonds is 7. The van der Waals surface area contributed by atoms with E-state index in [2.05, 4.69) is 5.32 Å². The molecule has 2 aromatic carbocycles. The largest absolute Gasteiger partial charge is 0.492 e. The van der Waals surface area contributed by atoms with Crippen LogP contribution in [0.5, 0.6) is 5.75 Å². The van der Waals surface area contributed by atoms with Gasteiger partial charge in [0.2, 0.25) is 5.91 Å².